The average Bonchev–Trinajstić information content (AvgIpc) is 2.66. The molecule has 0 aliphatic heterocycles. The number of nitrogens with zero attached hydrogens (tertiary/aromatic N) is 1. The van der Waals surface area contributed by atoms with Gasteiger partial charge >= 0.3 is 0 Å². The van der Waals surface area contributed by atoms with E-state index in [-0.39, 0.29) is 24.8 Å². The van der Waals surface area contributed by atoms with Gasteiger partial charge in [-0.15, -0.1) is 0 Å². The maximum atomic E-state index is 13.0. The molecule has 0 aromatic heterocycles. The summed E-state index contributed by atoms with van der Waals surface area (Å²) in [4.78, 5) is 27.1. The fourth-order valence-corrected chi connectivity index (χ4v) is 3.27. The Kier molecular flexibility index (Phi) is 8.61. The standard InChI is InChI=1S/C21H23Cl3N2O2/c1-3-9-25-21(28)14(2)26(13-16-7-8-18(23)19(24)11-16)20(27)12-15-5-4-6-17(22)10-15/h4-8,10-11,14H,3,9,12-13H2,1-2H3,(H,25,28)/t14-/m1/s1. The highest BCUT2D eigenvalue weighted by molar-refractivity contribution is 6.42. The second-order valence-electron chi connectivity index (χ2n) is 6.54. The first-order valence-corrected chi connectivity index (χ1v) is 10.2. The van der Waals surface area contributed by atoms with Crippen molar-refractivity contribution in [3.63, 3.8) is 0 Å². The summed E-state index contributed by atoms with van der Waals surface area (Å²) in [7, 11) is 0. The monoisotopic (exact) mass is 440 g/mol. The number of nitrogens with one attached hydrogen (secondary N) is 1. The summed E-state index contributed by atoms with van der Waals surface area (Å²) in [6, 6.07) is 11.7. The van der Waals surface area contributed by atoms with Gasteiger partial charge in [-0.2, -0.15) is 0 Å². The molecule has 2 aromatic carbocycles. The SMILES string of the molecule is CCCNC(=O)[C@@H](C)N(Cc1ccc(Cl)c(Cl)c1)C(=O)Cc1cccc(Cl)c1. The maximum absolute atomic E-state index is 13.0. The Balaban J connectivity index is 2.24. The predicted octanol–water partition coefficient (Wildman–Crippen LogP) is 5.13. The molecule has 2 rings (SSSR count). The van der Waals surface area contributed by atoms with Crippen molar-refractivity contribution in [3.05, 3.63) is 68.7 Å². The Bertz CT molecular complexity index is 842. The Morgan fingerprint density at radius 2 is 1.79 bits per heavy atom. The molecule has 28 heavy (non-hydrogen) atoms. The van der Waals surface area contributed by atoms with Crippen LogP contribution in [0, 0.1) is 0 Å². The third-order valence-electron chi connectivity index (χ3n) is 4.30. The number of hydrogen-bond acceptors (Lipinski definition) is 2. The lowest BCUT2D eigenvalue weighted by atomic mass is 10.1. The molecule has 0 unspecified atom stereocenters. The quantitative estimate of drug-likeness (QED) is 0.617. The summed E-state index contributed by atoms with van der Waals surface area (Å²) in [5, 5.41) is 4.26. The lowest BCUT2D eigenvalue weighted by Gasteiger charge is -2.29. The van der Waals surface area contributed by atoms with E-state index in [4.69, 9.17) is 34.8 Å². The van der Waals surface area contributed by atoms with Crippen molar-refractivity contribution in [2.24, 2.45) is 0 Å². The predicted molar refractivity (Wildman–Crippen MR) is 115 cm³/mol. The largest absolute Gasteiger partial charge is 0.354 e. The summed E-state index contributed by atoms with van der Waals surface area (Å²) < 4.78 is 0. The molecule has 0 heterocycles. The summed E-state index contributed by atoms with van der Waals surface area (Å²) >= 11 is 18.1. The van der Waals surface area contributed by atoms with Gasteiger partial charge in [0.1, 0.15) is 6.04 Å². The second-order valence-corrected chi connectivity index (χ2v) is 7.79. The van der Waals surface area contributed by atoms with Crippen LogP contribution in [0.3, 0.4) is 0 Å². The van der Waals surface area contributed by atoms with Gasteiger partial charge in [0.05, 0.1) is 16.5 Å². The van der Waals surface area contributed by atoms with Crippen molar-refractivity contribution in [1.29, 1.82) is 0 Å². The van der Waals surface area contributed by atoms with E-state index in [1.54, 1.807) is 48.2 Å². The molecule has 1 atom stereocenters. The number of benzene rings is 2. The van der Waals surface area contributed by atoms with Crippen LogP contribution < -0.4 is 5.32 Å². The van der Waals surface area contributed by atoms with E-state index < -0.39 is 6.04 Å². The molecule has 1 N–H and O–H groups in total. The third kappa shape index (κ3) is 6.40. The van der Waals surface area contributed by atoms with Gasteiger partial charge < -0.3 is 10.2 Å². The van der Waals surface area contributed by atoms with Crippen molar-refractivity contribution in [2.75, 3.05) is 6.54 Å². The van der Waals surface area contributed by atoms with Crippen LogP contribution in [0.5, 0.6) is 0 Å². The first-order chi connectivity index (χ1) is 13.3. The van der Waals surface area contributed by atoms with Crippen molar-refractivity contribution in [2.45, 2.75) is 39.3 Å². The zero-order valence-corrected chi connectivity index (χ0v) is 18.1. The van der Waals surface area contributed by atoms with Gasteiger partial charge in [0, 0.05) is 18.1 Å². The van der Waals surface area contributed by atoms with Gasteiger partial charge in [-0.3, -0.25) is 9.59 Å². The van der Waals surface area contributed by atoms with Crippen LogP contribution >= 0.6 is 34.8 Å². The van der Waals surface area contributed by atoms with E-state index in [0.29, 0.717) is 21.6 Å². The number of carbonyl (C=O) groups excluding carboxylic acids is 2. The molecule has 0 aliphatic rings. The number of halogens is 3. The van der Waals surface area contributed by atoms with Gasteiger partial charge in [-0.1, -0.05) is 59.9 Å². The molecule has 2 aromatic rings. The van der Waals surface area contributed by atoms with E-state index >= 15 is 0 Å². The van der Waals surface area contributed by atoms with Crippen molar-refractivity contribution in [3.8, 4) is 0 Å². The lowest BCUT2D eigenvalue weighted by molar-refractivity contribution is -0.140. The zero-order valence-electron chi connectivity index (χ0n) is 15.8. The summed E-state index contributed by atoms with van der Waals surface area (Å²) in [5.41, 5.74) is 1.58. The van der Waals surface area contributed by atoms with Gasteiger partial charge in [0.2, 0.25) is 11.8 Å². The number of carbonyl (C=O) groups is 2. The van der Waals surface area contributed by atoms with E-state index in [1.807, 2.05) is 13.0 Å². The molecular weight excluding hydrogens is 419 g/mol. The fraction of sp³-hybridized carbons (Fsp3) is 0.333. The van der Waals surface area contributed by atoms with Crippen LogP contribution in [0.1, 0.15) is 31.4 Å². The summed E-state index contributed by atoms with van der Waals surface area (Å²) in [6.45, 7) is 4.50. The zero-order chi connectivity index (χ0) is 20.7. The Labute approximate surface area is 180 Å². The number of amides is 2. The van der Waals surface area contributed by atoms with Crippen LogP contribution in [-0.2, 0) is 22.6 Å². The van der Waals surface area contributed by atoms with Crippen molar-refractivity contribution >= 4 is 46.6 Å². The Morgan fingerprint density at radius 3 is 2.43 bits per heavy atom. The van der Waals surface area contributed by atoms with Crippen LogP contribution in [0.2, 0.25) is 15.1 Å². The van der Waals surface area contributed by atoms with Crippen LogP contribution in [0.15, 0.2) is 42.5 Å². The van der Waals surface area contributed by atoms with E-state index in [1.165, 1.54) is 0 Å². The number of hydrogen-bond donors (Lipinski definition) is 1. The van der Waals surface area contributed by atoms with Crippen molar-refractivity contribution < 1.29 is 9.59 Å². The topological polar surface area (TPSA) is 49.4 Å². The molecule has 0 aliphatic carbocycles. The van der Waals surface area contributed by atoms with Crippen LogP contribution in [-0.4, -0.2) is 29.3 Å². The molecule has 0 fully saturated rings. The first kappa shape index (κ1) is 22.5. The fourth-order valence-electron chi connectivity index (χ4n) is 2.74. The highest BCUT2D eigenvalue weighted by atomic mass is 35.5. The number of rotatable bonds is 8. The normalized spacial score (nSPS) is 11.8. The summed E-state index contributed by atoms with van der Waals surface area (Å²) in [6.07, 6.45) is 0.967. The lowest BCUT2D eigenvalue weighted by Crippen LogP contribution is -2.48. The smallest absolute Gasteiger partial charge is 0.242 e. The molecule has 7 heteroatoms. The minimum Gasteiger partial charge on any atom is -0.354 e. The second kappa shape index (κ2) is 10.7. The van der Waals surface area contributed by atoms with Crippen molar-refractivity contribution in [1.82, 2.24) is 10.2 Å². The molecule has 2 amide bonds. The molecule has 0 saturated heterocycles. The van der Waals surface area contributed by atoms with Gasteiger partial charge in [0.15, 0.2) is 0 Å². The molecule has 0 bridgehead atoms. The average molecular weight is 442 g/mol. The molecule has 0 radical (unpaired) electrons. The minimum absolute atomic E-state index is 0.146. The first-order valence-electron chi connectivity index (χ1n) is 9.07. The van der Waals surface area contributed by atoms with Crippen LogP contribution in [0.25, 0.3) is 0 Å². The highest BCUT2D eigenvalue weighted by Crippen LogP contribution is 2.24. The molecule has 0 saturated carbocycles. The molecule has 150 valence electrons. The Hall–Kier alpha value is -1.75. The highest BCUT2D eigenvalue weighted by Gasteiger charge is 2.26. The van der Waals surface area contributed by atoms with Gasteiger partial charge in [0.25, 0.3) is 0 Å². The van der Waals surface area contributed by atoms with E-state index in [2.05, 4.69) is 5.32 Å². The van der Waals surface area contributed by atoms with Crippen LogP contribution in [0.4, 0.5) is 0 Å². The minimum atomic E-state index is -0.632. The van der Waals surface area contributed by atoms with E-state index in [0.717, 1.165) is 17.5 Å². The maximum Gasteiger partial charge on any atom is 0.242 e. The van der Waals surface area contributed by atoms with Gasteiger partial charge in [-0.05, 0) is 48.7 Å². The third-order valence-corrected chi connectivity index (χ3v) is 5.27. The van der Waals surface area contributed by atoms with E-state index in [9.17, 15) is 9.59 Å². The molecular formula is C21H23Cl3N2O2. The Morgan fingerprint density at radius 1 is 1.04 bits per heavy atom. The molecule has 4 nitrogen and oxygen atoms in total. The molecule has 0 spiro atoms. The summed E-state index contributed by atoms with van der Waals surface area (Å²) in [5.74, 6) is -0.367. The van der Waals surface area contributed by atoms with Gasteiger partial charge in [-0.25, -0.2) is 0 Å².